The van der Waals surface area contributed by atoms with Crippen molar-refractivity contribution in [3.63, 3.8) is 0 Å². The van der Waals surface area contributed by atoms with Gasteiger partial charge in [-0.05, 0) is 6.08 Å². The van der Waals surface area contributed by atoms with E-state index in [1.54, 1.807) is 0 Å². The Kier molecular flexibility index (Phi) is 6.67. The van der Waals surface area contributed by atoms with Gasteiger partial charge in [0.1, 0.15) is 0 Å². The second kappa shape index (κ2) is 7.24. The molecule has 4 heteroatoms. The van der Waals surface area contributed by atoms with Crippen molar-refractivity contribution in [1.82, 2.24) is 5.32 Å². The van der Waals surface area contributed by atoms with Gasteiger partial charge in [-0.25, -0.2) is 0 Å². The fourth-order valence-electron chi connectivity index (χ4n) is 0.516. The molecule has 0 atom stereocenters. The predicted molar refractivity (Wildman–Crippen MR) is 43.1 cm³/mol. The molecule has 0 unspecified atom stereocenters. The molecule has 1 fully saturated rings. The van der Waals surface area contributed by atoms with Crippen molar-refractivity contribution in [3.8, 4) is 0 Å². The van der Waals surface area contributed by atoms with Crippen molar-refractivity contribution in [2.75, 3.05) is 26.3 Å². The Balaban J connectivity index is 0.000000187. The van der Waals surface area contributed by atoms with Gasteiger partial charge in [0.2, 0.25) is 5.91 Å². The van der Waals surface area contributed by atoms with Crippen LogP contribution in [0.4, 0.5) is 0 Å². The Labute approximate surface area is 66.4 Å². The molecule has 0 radical (unpaired) electrons. The van der Waals surface area contributed by atoms with Crippen LogP contribution in [0, 0.1) is 0 Å². The summed E-state index contributed by atoms with van der Waals surface area (Å²) >= 11 is 0. The van der Waals surface area contributed by atoms with Gasteiger partial charge < -0.3 is 15.8 Å². The maximum absolute atomic E-state index is 9.47. The number of nitrogens with one attached hydrogen (secondary N) is 1. The van der Waals surface area contributed by atoms with Crippen molar-refractivity contribution in [3.05, 3.63) is 12.7 Å². The first-order valence-corrected chi connectivity index (χ1v) is 3.47. The lowest BCUT2D eigenvalue weighted by Crippen LogP contribution is -2.30. The van der Waals surface area contributed by atoms with Crippen LogP contribution >= 0.6 is 0 Å². The molecule has 4 nitrogen and oxygen atoms in total. The van der Waals surface area contributed by atoms with Crippen molar-refractivity contribution < 1.29 is 9.53 Å². The Hall–Kier alpha value is -0.870. The van der Waals surface area contributed by atoms with Crippen molar-refractivity contribution in [2.45, 2.75) is 0 Å². The summed E-state index contributed by atoms with van der Waals surface area (Å²) in [6, 6.07) is 0. The van der Waals surface area contributed by atoms with Crippen LogP contribution in [0.3, 0.4) is 0 Å². The van der Waals surface area contributed by atoms with Gasteiger partial charge >= 0.3 is 0 Å². The zero-order valence-electron chi connectivity index (χ0n) is 6.51. The third-order valence-electron chi connectivity index (χ3n) is 1.05. The average Bonchev–Trinajstić information content (AvgIpc) is 2.09. The second-order valence-electron chi connectivity index (χ2n) is 1.97. The first-order valence-electron chi connectivity index (χ1n) is 3.47. The highest BCUT2D eigenvalue weighted by molar-refractivity contribution is 5.84. The van der Waals surface area contributed by atoms with E-state index in [0.717, 1.165) is 32.4 Å². The highest BCUT2D eigenvalue weighted by Crippen LogP contribution is 1.76. The summed E-state index contributed by atoms with van der Waals surface area (Å²) < 4.78 is 5.01. The molecule has 0 spiro atoms. The number of primary amides is 1. The van der Waals surface area contributed by atoms with Crippen LogP contribution in [0.2, 0.25) is 0 Å². The Morgan fingerprint density at radius 2 is 2.00 bits per heavy atom. The number of ether oxygens (including phenoxy) is 1. The van der Waals surface area contributed by atoms with E-state index in [2.05, 4.69) is 17.6 Å². The molecular formula is C7H14N2O2. The summed E-state index contributed by atoms with van der Waals surface area (Å²) in [5, 5.41) is 3.16. The van der Waals surface area contributed by atoms with Gasteiger partial charge in [-0.3, -0.25) is 4.79 Å². The molecule has 0 bridgehead atoms. The molecule has 0 aromatic heterocycles. The molecule has 11 heavy (non-hydrogen) atoms. The summed E-state index contributed by atoms with van der Waals surface area (Å²) in [6.45, 7) is 6.92. The van der Waals surface area contributed by atoms with Crippen LogP contribution in [0.5, 0.6) is 0 Å². The molecule has 64 valence electrons. The molecule has 1 heterocycles. The molecule has 0 aromatic carbocycles. The Morgan fingerprint density at radius 1 is 1.55 bits per heavy atom. The number of hydrogen-bond donors (Lipinski definition) is 2. The molecular weight excluding hydrogens is 144 g/mol. The lowest BCUT2D eigenvalue weighted by molar-refractivity contribution is -0.113. The van der Waals surface area contributed by atoms with E-state index in [1.165, 1.54) is 0 Å². The number of morpholine rings is 1. The zero-order chi connectivity index (χ0) is 8.53. The monoisotopic (exact) mass is 158 g/mol. The molecule has 3 N–H and O–H groups in total. The standard InChI is InChI=1S/C4H9NO.C3H5NO/c1-3-6-4-2-5-1;1-2-3(4)5/h5H,1-4H2;2H,1H2,(H2,4,5). The van der Waals surface area contributed by atoms with Gasteiger partial charge in [0.05, 0.1) is 13.2 Å². The lowest BCUT2D eigenvalue weighted by atomic mass is 10.5. The molecule has 0 saturated carbocycles. The minimum absolute atomic E-state index is 0.481. The van der Waals surface area contributed by atoms with Crippen LogP contribution in [0.1, 0.15) is 0 Å². The van der Waals surface area contributed by atoms with E-state index in [1.807, 2.05) is 0 Å². The minimum atomic E-state index is -0.481. The van der Waals surface area contributed by atoms with Crippen molar-refractivity contribution in [1.29, 1.82) is 0 Å². The number of nitrogens with two attached hydrogens (primary N) is 1. The fourth-order valence-corrected chi connectivity index (χ4v) is 0.516. The summed E-state index contributed by atoms with van der Waals surface area (Å²) in [7, 11) is 0. The summed E-state index contributed by atoms with van der Waals surface area (Å²) in [6.07, 6.45) is 1.06. The fraction of sp³-hybridized carbons (Fsp3) is 0.571. The van der Waals surface area contributed by atoms with Gasteiger partial charge in [0.15, 0.2) is 0 Å². The Morgan fingerprint density at radius 3 is 2.09 bits per heavy atom. The second-order valence-corrected chi connectivity index (χ2v) is 1.97. The van der Waals surface area contributed by atoms with E-state index in [9.17, 15) is 4.79 Å². The summed E-state index contributed by atoms with van der Waals surface area (Å²) in [5.74, 6) is -0.481. The predicted octanol–water partition coefficient (Wildman–Crippen LogP) is -0.736. The van der Waals surface area contributed by atoms with Gasteiger partial charge in [-0.2, -0.15) is 0 Å². The van der Waals surface area contributed by atoms with Crippen LogP contribution in [-0.4, -0.2) is 32.2 Å². The van der Waals surface area contributed by atoms with Gasteiger partial charge in [0, 0.05) is 13.1 Å². The number of rotatable bonds is 1. The largest absolute Gasteiger partial charge is 0.379 e. The summed E-state index contributed by atoms with van der Waals surface area (Å²) in [5.41, 5.74) is 4.53. The van der Waals surface area contributed by atoms with E-state index in [0.29, 0.717) is 0 Å². The quantitative estimate of drug-likeness (QED) is 0.494. The highest BCUT2D eigenvalue weighted by atomic mass is 16.5. The van der Waals surface area contributed by atoms with Crippen LogP contribution in [-0.2, 0) is 9.53 Å². The van der Waals surface area contributed by atoms with E-state index >= 15 is 0 Å². The molecule has 1 rings (SSSR count). The molecule has 1 amide bonds. The first-order chi connectivity index (χ1) is 5.27. The zero-order valence-corrected chi connectivity index (χ0v) is 6.51. The Bertz CT molecular complexity index is 110. The van der Waals surface area contributed by atoms with Gasteiger partial charge in [-0.15, -0.1) is 0 Å². The van der Waals surface area contributed by atoms with Crippen molar-refractivity contribution in [2.24, 2.45) is 5.73 Å². The summed E-state index contributed by atoms with van der Waals surface area (Å²) in [4.78, 5) is 9.47. The molecule has 0 aliphatic carbocycles. The number of carbonyl (C=O) groups excluding carboxylic acids is 1. The number of amides is 1. The molecule has 0 aromatic rings. The van der Waals surface area contributed by atoms with Gasteiger partial charge in [-0.1, -0.05) is 6.58 Å². The maximum atomic E-state index is 9.47. The third kappa shape index (κ3) is 9.13. The average molecular weight is 158 g/mol. The molecule has 1 saturated heterocycles. The molecule has 1 aliphatic rings. The lowest BCUT2D eigenvalue weighted by Gasteiger charge is -2.10. The highest BCUT2D eigenvalue weighted by Gasteiger charge is 1.92. The topological polar surface area (TPSA) is 64.3 Å². The number of carbonyl (C=O) groups is 1. The van der Waals surface area contributed by atoms with Crippen LogP contribution in [0.15, 0.2) is 12.7 Å². The van der Waals surface area contributed by atoms with Crippen LogP contribution in [0.25, 0.3) is 0 Å². The third-order valence-corrected chi connectivity index (χ3v) is 1.05. The SMILES string of the molecule is C1COCCN1.C=CC(N)=O. The van der Waals surface area contributed by atoms with Crippen LogP contribution < -0.4 is 11.1 Å². The van der Waals surface area contributed by atoms with E-state index in [-0.39, 0.29) is 0 Å². The first kappa shape index (κ1) is 10.1. The smallest absolute Gasteiger partial charge is 0.240 e. The molecule has 1 aliphatic heterocycles. The van der Waals surface area contributed by atoms with Gasteiger partial charge in [0.25, 0.3) is 0 Å². The number of hydrogen-bond acceptors (Lipinski definition) is 3. The maximum Gasteiger partial charge on any atom is 0.240 e. The van der Waals surface area contributed by atoms with Crippen molar-refractivity contribution >= 4 is 5.91 Å². The normalized spacial score (nSPS) is 16.0. The minimum Gasteiger partial charge on any atom is -0.379 e. The van der Waals surface area contributed by atoms with E-state index < -0.39 is 5.91 Å². The van der Waals surface area contributed by atoms with E-state index in [4.69, 9.17) is 4.74 Å².